The van der Waals surface area contributed by atoms with E-state index in [-0.39, 0.29) is 11.8 Å². The summed E-state index contributed by atoms with van der Waals surface area (Å²) in [6.07, 6.45) is 8.68. The molecule has 0 radical (unpaired) electrons. The number of hydrogen-bond acceptors (Lipinski definition) is 3. The monoisotopic (exact) mass is 336 g/mol. The zero-order chi connectivity index (χ0) is 17.8. The zero-order valence-corrected chi connectivity index (χ0v) is 15.3. The molecule has 0 fully saturated rings. The third kappa shape index (κ3) is 8.18. The number of rotatable bonds is 12. The average Bonchev–Trinajstić information content (AvgIpc) is 3.07. The van der Waals surface area contributed by atoms with Gasteiger partial charge < -0.3 is 14.6 Å². The molecule has 136 valence electrons. The van der Waals surface area contributed by atoms with E-state index < -0.39 is 0 Å². The van der Waals surface area contributed by atoms with Gasteiger partial charge in [-0.2, -0.15) is 0 Å². The minimum Gasteiger partial charge on any atom is -0.472 e. The van der Waals surface area contributed by atoms with E-state index in [0.29, 0.717) is 37.5 Å². The lowest BCUT2D eigenvalue weighted by atomic mass is 10.1. The van der Waals surface area contributed by atoms with Gasteiger partial charge in [0.1, 0.15) is 6.26 Å². The molecule has 0 atom stereocenters. The van der Waals surface area contributed by atoms with Crippen molar-refractivity contribution in [3.63, 3.8) is 0 Å². The Morgan fingerprint density at radius 1 is 1.21 bits per heavy atom. The summed E-state index contributed by atoms with van der Waals surface area (Å²) in [7, 11) is 0. The lowest BCUT2D eigenvalue weighted by molar-refractivity contribution is -0.121. The van der Waals surface area contributed by atoms with Gasteiger partial charge in [0.05, 0.1) is 11.8 Å². The molecular weight excluding hydrogens is 304 g/mol. The predicted octanol–water partition coefficient (Wildman–Crippen LogP) is 3.85. The van der Waals surface area contributed by atoms with E-state index in [9.17, 15) is 9.59 Å². The minimum atomic E-state index is -0.0600. The highest BCUT2D eigenvalue weighted by molar-refractivity contribution is 5.94. The highest BCUT2D eigenvalue weighted by Gasteiger charge is 2.17. The summed E-state index contributed by atoms with van der Waals surface area (Å²) in [6, 6.07) is 1.67. The van der Waals surface area contributed by atoms with Crippen molar-refractivity contribution < 1.29 is 14.0 Å². The van der Waals surface area contributed by atoms with Gasteiger partial charge in [-0.15, -0.1) is 0 Å². The van der Waals surface area contributed by atoms with Crippen LogP contribution in [0.4, 0.5) is 0 Å². The van der Waals surface area contributed by atoms with Crippen LogP contribution in [0.15, 0.2) is 23.0 Å². The maximum absolute atomic E-state index is 12.5. The molecule has 0 bridgehead atoms. The molecule has 24 heavy (non-hydrogen) atoms. The molecule has 0 spiro atoms. The smallest absolute Gasteiger partial charge is 0.257 e. The van der Waals surface area contributed by atoms with Crippen LogP contribution in [-0.4, -0.2) is 36.3 Å². The summed E-state index contributed by atoms with van der Waals surface area (Å²) in [5.74, 6) is 0.521. The van der Waals surface area contributed by atoms with Crippen molar-refractivity contribution in [1.82, 2.24) is 10.2 Å². The molecule has 0 aliphatic rings. The zero-order valence-electron chi connectivity index (χ0n) is 15.3. The molecule has 0 aromatic carbocycles. The number of nitrogens with one attached hydrogen (secondary N) is 1. The van der Waals surface area contributed by atoms with Gasteiger partial charge in [-0.1, -0.05) is 40.0 Å². The fraction of sp³-hybridized carbons (Fsp3) is 0.684. The fourth-order valence-electron chi connectivity index (χ4n) is 2.44. The number of hydrogen-bond donors (Lipinski definition) is 1. The Morgan fingerprint density at radius 2 is 2.00 bits per heavy atom. The van der Waals surface area contributed by atoms with E-state index >= 15 is 0 Å². The summed E-state index contributed by atoms with van der Waals surface area (Å²) in [4.78, 5) is 26.2. The van der Waals surface area contributed by atoms with Crippen molar-refractivity contribution in [2.45, 2.75) is 59.3 Å². The van der Waals surface area contributed by atoms with Crippen LogP contribution in [0.1, 0.15) is 69.7 Å². The van der Waals surface area contributed by atoms with E-state index in [1.165, 1.54) is 18.9 Å². The fourth-order valence-corrected chi connectivity index (χ4v) is 2.44. The third-order valence-electron chi connectivity index (χ3n) is 3.99. The van der Waals surface area contributed by atoms with Crippen LogP contribution in [-0.2, 0) is 4.79 Å². The number of unbranched alkanes of at least 4 members (excludes halogenated alkanes) is 3. The van der Waals surface area contributed by atoms with E-state index in [1.54, 1.807) is 11.0 Å². The Bertz CT molecular complexity index is 469. The Labute approximate surface area is 145 Å². The molecule has 0 aliphatic heterocycles. The Hall–Kier alpha value is -1.78. The summed E-state index contributed by atoms with van der Waals surface area (Å²) < 4.78 is 5.00. The molecule has 0 saturated carbocycles. The molecule has 0 unspecified atom stereocenters. The quantitative estimate of drug-likeness (QED) is 0.590. The summed E-state index contributed by atoms with van der Waals surface area (Å²) >= 11 is 0. The summed E-state index contributed by atoms with van der Waals surface area (Å²) in [6.45, 7) is 8.26. The first-order valence-electron chi connectivity index (χ1n) is 9.12. The van der Waals surface area contributed by atoms with Gasteiger partial charge >= 0.3 is 0 Å². The highest BCUT2D eigenvalue weighted by atomic mass is 16.3. The predicted molar refractivity (Wildman–Crippen MR) is 95.8 cm³/mol. The van der Waals surface area contributed by atoms with Crippen molar-refractivity contribution in [1.29, 1.82) is 0 Å². The molecule has 1 aromatic heterocycles. The van der Waals surface area contributed by atoms with Crippen molar-refractivity contribution >= 4 is 11.8 Å². The van der Waals surface area contributed by atoms with E-state index in [2.05, 4.69) is 26.1 Å². The van der Waals surface area contributed by atoms with Crippen molar-refractivity contribution in [2.75, 3.05) is 19.6 Å². The molecule has 1 rings (SSSR count). The first-order chi connectivity index (χ1) is 11.5. The van der Waals surface area contributed by atoms with Crippen LogP contribution in [0.5, 0.6) is 0 Å². The largest absolute Gasteiger partial charge is 0.472 e. The number of amides is 2. The van der Waals surface area contributed by atoms with Crippen LogP contribution < -0.4 is 5.32 Å². The van der Waals surface area contributed by atoms with E-state index in [4.69, 9.17) is 4.42 Å². The average molecular weight is 336 g/mol. The molecule has 1 N–H and O–H groups in total. The van der Waals surface area contributed by atoms with Crippen molar-refractivity contribution in [3.05, 3.63) is 24.2 Å². The number of nitrogens with zero attached hydrogens (tertiary/aromatic N) is 1. The molecular formula is C19H32N2O3. The molecule has 1 aromatic rings. The molecule has 0 saturated heterocycles. The number of carbonyl (C=O) groups excluding carboxylic acids is 2. The van der Waals surface area contributed by atoms with Gasteiger partial charge in [-0.3, -0.25) is 9.59 Å². The second kappa shape index (κ2) is 11.7. The van der Waals surface area contributed by atoms with Crippen LogP contribution >= 0.6 is 0 Å². The molecule has 0 aliphatic carbocycles. The van der Waals surface area contributed by atoms with Crippen molar-refractivity contribution in [2.24, 2.45) is 5.92 Å². The Kier molecular flexibility index (Phi) is 9.89. The first kappa shape index (κ1) is 20.3. The van der Waals surface area contributed by atoms with Gasteiger partial charge in [0.2, 0.25) is 5.91 Å². The van der Waals surface area contributed by atoms with Crippen LogP contribution in [0.3, 0.4) is 0 Å². The number of carbonyl (C=O) groups is 2. The van der Waals surface area contributed by atoms with Gasteiger partial charge in [0, 0.05) is 26.1 Å². The van der Waals surface area contributed by atoms with Crippen LogP contribution in [0, 0.1) is 5.92 Å². The van der Waals surface area contributed by atoms with E-state index in [0.717, 1.165) is 25.7 Å². The normalized spacial score (nSPS) is 10.8. The molecule has 2 amide bonds. The van der Waals surface area contributed by atoms with E-state index in [1.807, 2.05) is 0 Å². The van der Waals surface area contributed by atoms with Gasteiger partial charge in [-0.25, -0.2) is 0 Å². The first-order valence-corrected chi connectivity index (χ1v) is 9.12. The van der Waals surface area contributed by atoms with Gasteiger partial charge in [0.25, 0.3) is 5.91 Å². The highest BCUT2D eigenvalue weighted by Crippen LogP contribution is 2.09. The molecule has 5 nitrogen and oxygen atoms in total. The minimum absolute atomic E-state index is 0.00852. The summed E-state index contributed by atoms with van der Waals surface area (Å²) in [5, 5.41) is 2.92. The number of furan rings is 1. The topological polar surface area (TPSA) is 62.6 Å². The second-order valence-electron chi connectivity index (χ2n) is 6.65. The van der Waals surface area contributed by atoms with Gasteiger partial charge in [0.15, 0.2) is 0 Å². The Balaban J connectivity index is 2.45. The Morgan fingerprint density at radius 3 is 2.62 bits per heavy atom. The lowest BCUT2D eigenvalue weighted by Gasteiger charge is -2.22. The molecule has 1 heterocycles. The lowest BCUT2D eigenvalue weighted by Crippen LogP contribution is -2.36. The summed E-state index contributed by atoms with van der Waals surface area (Å²) in [5.41, 5.74) is 0.547. The third-order valence-corrected chi connectivity index (χ3v) is 3.99. The van der Waals surface area contributed by atoms with Crippen LogP contribution in [0.2, 0.25) is 0 Å². The maximum atomic E-state index is 12.5. The maximum Gasteiger partial charge on any atom is 0.257 e. The van der Waals surface area contributed by atoms with Gasteiger partial charge in [-0.05, 0) is 24.8 Å². The second-order valence-corrected chi connectivity index (χ2v) is 6.65. The van der Waals surface area contributed by atoms with Crippen LogP contribution in [0.25, 0.3) is 0 Å². The SMILES string of the molecule is CCCCCCN(CCC(=O)NCCC(C)C)C(=O)c1ccoc1. The standard InChI is InChI=1S/C19H32N2O3/c1-4-5-6-7-12-21(19(23)17-10-14-24-15-17)13-9-18(22)20-11-8-16(2)3/h10,14-16H,4-9,11-13H2,1-3H3,(H,20,22). The molecule has 5 heteroatoms. The van der Waals surface area contributed by atoms with Crippen molar-refractivity contribution in [3.8, 4) is 0 Å².